The number of likely N-dealkylation sites (tertiary alicyclic amines) is 1. The van der Waals surface area contributed by atoms with Crippen molar-refractivity contribution in [3.63, 3.8) is 0 Å². The summed E-state index contributed by atoms with van der Waals surface area (Å²) in [6.45, 7) is 0.900. The van der Waals surface area contributed by atoms with E-state index in [2.05, 4.69) is 0 Å². The Morgan fingerprint density at radius 1 is 1.38 bits per heavy atom. The van der Waals surface area contributed by atoms with Crippen LogP contribution in [0.4, 0.5) is 0 Å². The Balaban J connectivity index is 1.95. The largest absolute Gasteiger partial charge is 0.481 e. The van der Waals surface area contributed by atoms with Crippen molar-refractivity contribution < 1.29 is 14.7 Å². The lowest BCUT2D eigenvalue weighted by atomic mass is 9.98. The molecule has 0 bridgehead atoms. The number of carbonyl (C=O) groups is 2. The van der Waals surface area contributed by atoms with Crippen LogP contribution in [-0.4, -0.2) is 39.3 Å². The number of carbonyl (C=O) groups excluding carboxylic acids is 1. The van der Waals surface area contributed by atoms with Crippen LogP contribution in [-0.2, 0) is 9.59 Å². The van der Waals surface area contributed by atoms with Crippen LogP contribution < -0.4 is 0 Å². The molecule has 2 fully saturated rings. The topological polar surface area (TPSA) is 57.6 Å². The first kappa shape index (κ1) is 12.0. The number of amides is 1. The summed E-state index contributed by atoms with van der Waals surface area (Å²) < 4.78 is -0.923. The van der Waals surface area contributed by atoms with Gasteiger partial charge in [0, 0.05) is 13.1 Å². The molecule has 1 aliphatic carbocycles. The van der Waals surface area contributed by atoms with Gasteiger partial charge < -0.3 is 10.0 Å². The first-order valence-corrected chi connectivity index (χ1v) is 6.07. The molecule has 2 aliphatic rings. The molecule has 2 rings (SSSR count). The zero-order valence-corrected chi connectivity index (χ0v) is 10.2. The van der Waals surface area contributed by atoms with Crippen molar-refractivity contribution in [3.05, 3.63) is 0 Å². The molecule has 0 aromatic carbocycles. The Labute approximate surface area is 103 Å². The fourth-order valence-corrected chi connectivity index (χ4v) is 2.58. The highest BCUT2D eigenvalue weighted by Gasteiger charge is 2.57. The van der Waals surface area contributed by atoms with Crippen molar-refractivity contribution in [2.75, 3.05) is 13.1 Å². The van der Waals surface area contributed by atoms with E-state index in [1.807, 2.05) is 0 Å². The number of piperidine rings is 1. The van der Waals surface area contributed by atoms with Gasteiger partial charge in [-0.3, -0.25) is 9.59 Å². The maximum absolute atomic E-state index is 11.9. The van der Waals surface area contributed by atoms with E-state index in [-0.39, 0.29) is 18.4 Å². The number of carboxylic acids is 1. The minimum atomic E-state index is -0.923. The van der Waals surface area contributed by atoms with E-state index in [9.17, 15) is 9.59 Å². The summed E-state index contributed by atoms with van der Waals surface area (Å²) in [6, 6.07) is 0. The van der Waals surface area contributed by atoms with E-state index < -0.39 is 16.2 Å². The first-order chi connectivity index (χ1) is 7.42. The van der Waals surface area contributed by atoms with Crippen LogP contribution in [0, 0.1) is 11.8 Å². The number of rotatable bonds is 2. The van der Waals surface area contributed by atoms with Crippen molar-refractivity contribution >= 4 is 35.1 Å². The average Bonchev–Trinajstić information content (AvgIpc) is 2.87. The van der Waals surface area contributed by atoms with Crippen LogP contribution in [0.2, 0.25) is 0 Å². The molecular weight excluding hydrogens is 253 g/mol. The molecule has 1 saturated carbocycles. The van der Waals surface area contributed by atoms with E-state index in [1.54, 1.807) is 4.90 Å². The molecule has 0 spiro atoms. The molecule has 1 amide bonds. The second-order valence-electron chi connectivity index (χ2n) is 4.48. The second-order valence-corrected chi connectivity index (χ2v) is 6.02. The molecule has 0 aromatic rings. The SMILES string of the molecule is O=C(O)C1CCCN(C(=O)C2CC2(Cl)Cl)C1. The lowest BCUT2D eigenvalue weighted by Crippen LogP contribution is -2.43. The zero-order chi connectivity index (χ0) is 11.9. The predicted octanol–water partition coefficient (Wildman–Crippen LogP) is 1.50. The molecule has 4 nitrogen and oxygen atoms in total. The summed E-state index contributed by atoms with van der Waals surface area (Å²) in [5.41, 5.74) is 0. The third kappa shape index (κ3) is 2.28. The monoisotopic (exact) mass is 265 g/mol. The molecule has 1 heterocycles. The fraction of sp³-hybridized carbons (Fsp3) is 0.800. The van der Waals surface area contributed by atoms with Gasteiger partial charge in [0.2, 0.25) is 5.91 Å². The molecular formula is C10H13Cl2NO3. The Morgan fingerprint density at radius 3 is 2.50 bits per heavy atom. The maximum Gasteiger partial charge on any atom is 0.308 e. The maximum atomic E-state index is 11.9. The molecule has 1 aliphatic heterocycles. The molecule has 2 atom stereocenters. The third-order valence-electron chi connectivity index (χ3n) is 3.21. The highest BCUT2D eigenvalue weighted by Crippen LogP contribution is 2.54. The van der Waals surface area contributed by atoms with Gasteiger partial charge in [-0.1, -0.05) is 0 Å². The smallest absolute Gasteiger partial charge is 0.308 e. The van der Waals surface area contributed by atoms with E-state index in [0.29, 0.717) is 19.4 Å². The molecule has 0 radical (unpaired) electrons. The molecule has 1 N–H and O–H groups in total. The summed E-state index contributed by atoms with van der Waals surface area (Å²) in [7, 11) is 0. The lowest BCUT2D eigenvalue weighted by molar-refractivity contribution is -0.146. The molecule has 0 aromatic heterocycles. The number of carboxylic acid groups (broad SMARTS) is 1. The van der Waals surface area contributed by atoms with Crippen molar-refractivity contribution in [1.82, 2.24) is 4.90 Å². The van der Waals surface area contributed by atoms with Gasteiger partial charge in [0.15, 0.2) is 0 Å². The van der Waals surface area contributed by atoms with Gasteiger partial charge in [-0.2, -0.15) is 0 Å². The number of aliphatic carboxylic acids is 1. The molecule has 2 unspecified atom stereocenters. The standard InChI is InChI=1S/C10H13Cl2NO3/c11-10(12)4-7(10)8(14)13-3-1-2-6(5-13)9(15)16/h6-7H,1-5H2,(H,15,16). The summed E-state index contributed by atoms with van der Waals surface area (Å²) in [6.07, 6.45) is 1.84. The van der Waals surface area contributed by atoms with Crippen LogP contribution in [0.1, 0.15) is 19.3 Å². The van der Waals surface area contributed by atoms with Gasteiger partial charge in [-0.05, 0) is 19.3 Å². The number of alkyl halides is 2. The van der Waals surface area contributed by atoms with Crippen molar-refractivity contribution in [3.8, 4) is 0 Å². The van der Waals surface area contributed by atoms with Gasteiger partial charge in [-0.15, -0.1) is 23.2 Å². The molecule has 6 heteroatoms. The Kier molecular flexibility index (Phi) is 3.05. The Morgan fingerprint density at radius 2 is 2.00 bits per heavy atom. The predicted molar refractivity (Wildman–Crippen MR) is 59.5 cm³/mol. The van der Waals surface area contributed by atoms with Crippen molar-refractivity contribution in [2.45, 2.75) is 23.6 Å². The number of hydrogen-bond donors (Lipinski definition) is 1. The number of halogens is 2. The number of nitrogens with zero attached hydrogens (tertiary/aromatic N) is 1. The van der Waals surface area contributed by atoms with Crippen molar-refractivity contribution in [2.24, 2.45) is 11.8 Å². The van der Waals surface area contributed by atoms with E-state index in [1.165, 1.54) is 0 Å². The summed E-state index contributed by atoms with van der Waals surface area (Å²) >= 11 is 11.6. The molecule has 16 heavy (non-hydrogen) atoms. The minimum absolute atomic E-state index is 0.101. The normalized spacial score (nSPS) is 32.2. The van der Waals surface area contributed by atoms with E-state index >= 15 is 0 Å². The molecule has 90 valence electrons. The fourth-order valence-electron chi connectivity index (χ4n) is 2.08. The van der Waals surface area contributed by atoms with Gasteiger partial charge in [0.1, 0.15) is 4.33 Å². The Bertz CT molecular complexity index is 332. The number of hydrogen-bond acceptors (Lipinski definition) is 2. The van der Waals surface area contributed by atoms with Crippen LogP contribution in [0.25, 0.3) is 0 Å². The summed E-state index contributed by atoms with van der Waals surface area (Å²) in [5, 5.41) is 8.90. The van der Waals surface area contributed by atoms with Gasteiger partial charge in [0.05, 0.1) is 11.8 Å². The van der Waals surface area contributed by atoms with Crippen LogP contribution in [0.5, 0.6) is 0 Å². The van der Waals surface area contributed by atoms with E-state index in [4.69, 9.17) is 28.3 Å². The Hall–Kier alpha value is -0.480. The first-order valence-electron chi connectivity index (χ1n) is 5.31. The summed E-state index contributed by atoms with van der Waals surface area (Å²) in [4.78, 5) is 24.3. The molecule has 1 saturated heterocycles. The van der Waals surface area contributed by atoms with Crippen LogP contribution in [0.15, 0.2) is 0 Å². The highest BCUT2D eigenvalue weighted by molar-refractivity contribution is 6.52. The highest BCUT2D eigenvalue weighted by atomic mass is 35.5. The third-order valence-corrected chi connectivity index (χ3v) is 4.04. The quantitative estimate of drug-likeness (QED) is 0.770. The van der Waals surface area contributed by atoms with Crippen LogP contribution in [0.3, 0.4) is 0 Å². The summed E-state index contributed by atoms with van der Waals surface area (Å²) in [5.74, 6) is -1.73. The second kappa shape index (κ2) is 4.08. The lowest BCUT2D eigenvalue weighted by Gasteiger charge is -2.31. The van der Waals surface area contributed by atoms with Crippen LogP contribution >= 0.6 is 23.2 Å². The average molecular weight is 266 g/mol. The van der Waals surface area contributed by atoms with Crippen molar-refractivity contribution in [1.29, 1.82) is 0 Å². The zero-order valence-electron chi connectivity index (χ0n) is 8.66. The van der Waals surface area contributed by atoms with Gasteiger partial charge in [0.25, 0.3) is 0 Å². The van der Waals surface area contributed by atoms with E-state index in [0.717, 1.165) is 6.42 Å². The van der Waals surface area contributed by atoms with Gasteiger partial charge >= 0.3 is 5.97 Å². The van der Waals surface area contributed by atoms with Gasteiger partial charge in [-0.25, -0.2) is 0 Å². The minimum Gasteiger partial charge on any atom is -0.481 e.